The summed E-state index contributed by atoms with van der Waals surface area (Å²) in [7, 11) is 1.88. The van der Waals surface area contributed by atoms with Crippen molar-refractivity contribution in [3.8, 4) is 10.7 Å². The average Bonchev–Trinajstić information content (AvgIpc) is 2.58. The van der Waals surface area contributed by atoms with Gasteiger partial charge in [0.05, 0.1) is 4.88 Å². The van der Waals surface area contributed by atoms with Gasteiger partial charge in [-0.3, -0.25) is 0 Å². The van der Waals surface area contributed by atoms with Crippen LogP contribution in [0.15, 0.2) is 22.2 Å². The van der Waals surface area contributed by atoms with Gasteiger partial charge in [0.1, 0.15) is 0 Å². The fraction of sp³-hybridized carbons (Fsp3) is 0.143. The van der Waals surface area contributed by atoms with Crippen molar-refractivity contribution in [3.63, 3.8) is 0 Å². The molecule has 0 amide bonds. The molecule has 0 bridgehead atoms. The van der Waals surface area contributed by atoms with E-state index in [9.17, 15) is 0 Å². The minimum atomic E-state index is 0.633. The summed E-state index contributed by atoms with van der Waals surface area (Å²) in [5.74, 6) is 0.900. The first-order valence-electron chi connectivity index (χ1n) is 3.38. The molecule has 0 unspecified atom stereocenters. The Morgan fingerprint density at radius 2 is 2.42 bits per heavy atom. The molecule has 0 radical (unpaired) electrons. The van der Waals surface area contributed by atoms with Gasteiger partial charge in [-0.1, -0.05) is 6.07 Å². The Kier molecular flexibility index (Phi) is 1.98. The van der Waals surface area contributed by atoms with E-state index in [1.54, 1.807) is 16.0 Å². The number of rotatable bonds is 1. The Morgan fingerprint density at radius 1 is 1.58 bits per heavy atom. The standard InChI is InChI=1S/C7H6BrN3S/c1-11-6(9-7(8)10-11)5-3-2-4-12-5/h2-4H,1H3. The molecule has 0 fully saturated rings. The predicted octanol–water partition coefficient (Wildman–Crippen LogP) is 2.31. The Morgan fingerprint density at radius 3 is 2.92 bits per heavy atom. The van der Waals surface area contributed by atoms with E-state index in [4.69, 9.17) is 0 Å². The second-order valence-electron chi connectivity index (χ2n) is 2.31. The third-order valence-electron chi connectivity index (χ3n) is 1.48. The Bertz CT molecular complexity index is 379. The summed E-state index contributed by atoms with van der Waals surface area (Å²) in [6, 6.07) is 4.03. The zero-order valence-corrected chi connectivity index (χ0v) is 8.76. The first-order chi connectivity index (χ1) is 5.77. The molecular weight excluding hydrogens is 238 g/mol. The summed E-state index contributed by atoms with van der Waals surface area (Å²) in [5.41, 5.74) is 0. The lowest BCUT2D eigenvalue weighted by Gasteiger charge is -1.92. The molecule has 0 aliphatic carbocycles. The molecule has 2 aromatic heterocycles. The van der Waals surface area contributed by atoms with Crippen LogP contribution in [0.1, 0.15) is 0 Å². The van der Waals surface area contributed by atoms with Crippen molar-refractivity contribution in [2.75, 3.05) is 0 Å². The number of hydrogen-bond donors (Lipinski definition) is 0. The first kappa shape index (κ1) is 7.94. The highest BCUT2D eigenvalue weighted by atomic mass is 79.9. The van der Waals surface area contributed by atoms with Crippen LogP contribution < -0.4 is 0 Å². The van der Waals surface area contributed by atoms with Crippen molar-refractivity contribution < 1.29 is 0 Å². The van der Waals surface area contributed by atoms with Crippen LogP contribution in [-0.2, 0) is 7.05 Å². The van der Waals surface area contributed by atoms with Crippen LogP contribution in [0.4, 0.5) is 0 Å². The van der Waals surface area contributed by atoms with Crippen LogP contribution in [-0.4, -0.2) is 14.8 Å². The lowest BCUT2D eigenvalue weighted by Crippen LogP contribution is -1.92. The van der Waals surface area contributed by atoms with Gasteiger partial charge >= 0.3 is 0 Å². The molecule has 0 atom stereocenters. The number of halogens is 1. The lowest BCUT2D eigenvalue weighted by atomic mass is 10.4. The quantitative estimate of drug-likeness (QED) is 0.770. The van der Waals surface area contributed by atoms with Gasteiger partial charge in [-0.15, -0.1) is 16.4 Å². The van der Waals surface area contributed by atoms with E-state index >= 15 is 0 Å². The minimum absolute atomic E-state index is 0.633. The molecule has 5 heteroatoms. The van der Waals surface area contributed by atoms with E-state index < -0.39 is 0 Å². The van der Waals surface area contributed by atoms with Crippen molar-refractivity contribution in [1.29, 1.82) is 0 Å². The molecule has 0 N–H and O–H groups in total. The van der Waals surface area contributed by atoms with E-state index in [1.165, 1.54) is 0 Å². The predicted molar refractivity (Wildman–Crippen MR) is 52.0 cm³/mol. The SMILES string of the molecule is Cn1nc(Br)nc1-c1cccs1. The summed E-state index contributed by atoms with van der Waals surface area (Å²) in [6.07, 6.45) is 0. The van der Waals surface area contributed by atoms with Gasteiger partial charge in [0.15, 0.2) is 5.82 Å². The fourth-order valence-corrected chi connectivity index (χ4v) is 2.12. The summed E-state index contributed by atoms with van der Waals surface area (Å²) < 4.78 is 2.39. The van der Waals surface area contributed by atoms with E-state index in [0.717, 1.165) is 10.7 Å². The summed E-state index contributed by atoms with van der Waals surface area (Å²) in [6.45, 7) is 0. The largest absolute Gasteiger partial charge is 0.247 e. The smallest absolute Gasteiger partial charge is 0.217 e. The van der Waals surface area contributed by atoms with Gasteiger partial charge in [-0.2, -0.15) is 0 Å². The van der Waals surface area contributed by atoms with Gasteiger partial charge in [0.2, 0.25) is 4.73 Å². The monoisotopic (exact) mass is 243 g/mol. The highest BCUT2D eigenvalue weighted by Crippen LogP contribution is 2.22. The molecule has 0 spiro atoms. The van der Waals surface area contributed by atoms with Crippen LogP contribution in [0, 0.1) is 0 Å². The van der Waals surface area contributed by atoms with Gasteiger partial charge in [-0.05, 0) is 27.4 Å². The molecule has 0 aliphatic heterocycles. The maximum atomic E-state index is 4.23. The maximum Gasteiger partial charge on any atom is 0.217 e. The molecule has 2 rings (SSSR count). The van der Waals surface area contributed by atoms with Gasteiger partial charge < -0.3 is 0 Å². The molecule has 0 aliphatic rings. The fourth-order valence-electron chi connectivity index (χ4n) is 0.974. The lowest BCUT2D eigenvalue weighted by molar-refractivity contribution is 0.769. The zero-order chi connectivity index (χ0) is 8.55. The second kappa shape index (κ2) is 2.99. The molecule has 62 valence electrons. The van der Waals surface area contributed by atoms with E-state index in [0.29, 0.717) is 4.73 Å². The van der Waals surface area contributed by atoms with E-state index in [1.807, 2.05) is 24.6 Å². The highest BCUT2D eigenvalue weighted by Gasteiger charge is 2.07. The number of thiophene rings is 1. The molecule has 12 heavy (non-hydrogen) atoms. The van der Waals surface area contributed by atoms with Crippen LogP contribution in [0.5, 0.6) is 0 Å². The van der Waals surface area contributed by atoms with Crippen LogP contribution in [0.25, 0.3) is 10.7 Å². The second-order valence-corrected chi connectivity index (χ2v) is 3.96. The molecule has 2 heterocycles. The molecule has 0 saturated carbocycles. The molecule has 2 aromatic rings. The molecular formula is C7H6BrN3S. The van der Waals surface area contributed by atoms with Crippen molar-refractivity contribution in [2.24, 2.45) is 7.05 Å². The van der Waals surface area contributed by atoms with Gasteiger partial charge in [0.25, 0.3) is 0 Å². The zero-order valence-electron chi connectivity index (χ0n) is 6.36. The topological polar surface area (TPSA) is 30.7 Å². The summed E-state index contributed by atoms with van der Waals surface area (Å²) >= 11 is 4.89. The van der Waals surface area contributed by atoms with Crippen molar-refractivity contribution >= 4 is 27.3 Å². The number of aryl methyl sites for hydroxylation is 1. The Balaban J connectivity index is 2.54. The molecule has 0 aromatic carbocycles. The third-order valence-corrected chi connectivity index (χ3v) is 2.68. The average molecular weight is 244 g/mol. The number of hydrogen-bond acceptors (Lipinski definition) is 3. The maximum absolute atomic E-state index is 4.23. The van der Waals surface area contributed by atoms with E-state index in [2.05, 4.69) is 26.0 Å². The highest BCUT2D eigenvalue weighted by molar-refractivity contribution is 9.10. The third kappa shape index (κ3) is 1.30. The van der Waals surface area contributed by atoms with Gasteiger partial charge in [0, 0.05) is 7.05 Å². The molecule has 0 saturated heterocycles. The van der Waals surface area contributed by atoms with Crippen LogP contribution in [0.3, 0.4) is 0 Å². The number of nitrogens with zero attached hydrogens (tertiary/aromatic N) is 3. The summed E-state index contributed by atoms with van der Waals surface area (Å²) in [4.78, 5) is 5.37. The van der Waals surface area contributed by atoms with Crippen molar-refractivity contribution in [3.05, 3.63) is 22.2 Å². The minimum Gasteiger partial charge on any atom is -0.247 e. The van der Waals surface area contributed by atoms with Crippen molar-refractivity contribution in [1.82, 2.24) is 14.8 Å². The Hall–Kier alpha value is -0.680. The number of aromatic nitrogens is 3. The Labute approximate surface area is 82.2 Å². The van der Waals surface area contributed by atoms with Crippen molar-refractivity contribution in [2.45, 2.75) is 0 Å². The summed E-state index contributed by atoms with van der Waals surface area (Å²) in [5, 5.41) is 6.12. The molecule has 3 nitrogen and oxygen atoms in total. The first-order valence-corrected chi connectivity index (χ1v) is 5.05. The van der Waals surface area contributed by atoms with Crippen LogP contribution in [0.2, 0.25) is 0 Å². The van der Waals surface area contributed by atoms with E-state index in [-0.39, 0.29) is 0 Å². The van der Waals surface area contributed by atoms with Crippen LogP contribution >= 0.6 is 27.3 Å². The normalized spacial score (nSPS) is 10.5. The van der Waals surface area contributed by atoms with Gasteiger partial charge in [-0.25, -0.2) is 9.67 Å².